The molecule has 1 fully saturated rings. The first-order valence-corrected chi connectivity index (χ1v) is 7.59. The number of carbonyl (C=O) groups excluding carboxylic acids is 1. The van der Waals surface area contributed by atoms with Crippen molar-refractivity contribution >= 4 is 29.1 Å². The zero-order valence-corrected chi connectivity index (χ0v) is 13.0. The van der Waals surface area contributed by atoms with E-state index < -0.39 is 0 Å². The lowest BCUT2D eigenvalue weighted by Gasteiger charge is -2.32. The first-order chi connectivity index (χ1) is 9.60. The molecular weight excluding hydrogens is 293 g/mol. The Morgan fingerprint density at radius 3 is 2.70 bits per heavy atom. The number of rotatable bonds is 1. The van der Waals surface area contributed by atoms with Crippen LogP contribution in [0.4, 0.5) is 0 Å². The predicted octanol–water partition coefficient (Wildman–Crippen LogP) is 4.11. The average Bonchev–Trinajstić information content (AvgIpc) is 2.44. The van der Waals surface area contributed by atoms with Crippen LogP contribution >= 0.6 is 23.2 Å². The topological polar surface area (TPSA) is 20.3 Å². The van der Waals surface area contributed by atoms with Gasteiger partial charge in [0.15, 0.2) is 0 Å². The fourth-order valence-corrected chi connectivity index (χ4v) is 3.03. The van der Waals surface area contributed by atoms with Crippen molar-refractivity contribution in [2.24, 2.45) is 0 Å². The van der Waals surface area contributed by atoms with Crippen molar-refractivity contribution in [2.45, 2.75) is 32.1 Å². The van der Waals surface area contributed by atoms with E-state index in [9.17, 15) is 4.79 Å². The van der Waals surface area contributed by atoms with Gasteiger partial charge in [0.1, 0.15) is 0 Å². The van der Waals surface area contributed by atoms with E-state index in [2.05, 4.69) is 11.8 Å². The second kappa shape index (κ2) is 7.02. The third-order valence-corrected chi connectivity index (χ3v) is 3.87. The van der Waals surface area contributed by atoms with Crippen LogP contribution in [-0.4, -0.2) is 23.9 Å². The van der Waals surface area contributed by atoms with Crippen LogP contribution in [-0.2, 0) is 4.79 Å². The SMILES string of the molecule is CCC#CC(=O)N1CCCC(c2cc(Cl)cc(Cl)c2)C1. The molecule has 0 bridgehead atoms. The fraction of sp³-hybridized carbons (Fsp3) is 0.438. The summed E-state index contributed by atoms with van der Waals surface area (Å²) in [6.45, 7) is 3.41. The smallest absolute Gasteiger partial charge is 0.298 e. The Morgan fingerprint density at radius 1 is 1.35 bits per heavy atom. The molecule has 0 saturated carbocycles. The number of amides is 1. The highest BCUT2D eigenvalue weighted by atomic mass is 35.5. The Hall–Kier alpha value is -1.17. The summed E-state index contributed by atoms with van der Waals surface area (Å²) >= 11 is 12.1. The van der Waals surface area contributed by atoms with E-state index in [0.717, 1.165) is 24.9 Å². The summed E-state index contributed by atoms with van der Waals surface area (Å²) in [5, 5.41) is 1.28. The quantitative estimate of drug-likeness (QED) is 0.715. The van der Waals surface area contributed by atoms with Gasteiger partial charge in [0.2, 0.25) is 0 Å². The first-order valence-electron chi connectivity index (χ1n) is 6.84. The Bertz CT molecular complexity index is 539. The molecule has 1 heterocycles. The van der Waals surface area contributed by atoms with Gasteiger partial charge in [0.05, 0.1) is 0 Å². The van der Waals surface area contributed by atoms with Gasteiger partial charge in [-0.3, -0.25) is 4.79 Å². The number of hydrogen-bond donors (Lipinski definition) is 0. The van der Waals surface area contributed by atoms with E-state index in [-0.39, 0.29) is 11.8 Å². The summed E-state index contributed by atoms with van der Waals surface area (Å²) in [5.74, 6) is 5.72. The standard InChI is InChI=1S/C16H17Cl2NO/c1-2-3-6-16(20)19-7-4-5-12(11-19)13-8-14(17)10-15(18)9-13/h8-10,12H,2,4-5,7,11H2,1H3. The molecule has 1 unspecified atom stereocenters. The first kappa shape index (κ1) is 15.2. The van der Waals surface area contributed by atoms with Crippen LogP contribution < -0.4 is 0 Å². The molecule has 0 spiro atoms. The van der Waals surface area contributed by atoms with Crippen molar-refractivity contribution in [3.63, 3.8) is 0 Å². The highest BCUT2D eigenvalue weighted by Crippen LogP contribution is 2.30. The van der Waals surface area contributed by atoms with E-state index in [1.54, 1.807) is 6.07 Å². The number of hydrogen-bond acceptors (Lipinski definition) is 1. The van der Waals surface area contributed by atoms with E-state index >= 15 is 0 Å². The summed E-state index contributed by atoms with van der Waals surface area (Å²) in [6, 6.07) is 5.60. The van der Waals surface area contributed by atoms with Crippen LogP contribution in [0.3, 0.4) is 0 Å². The largest absolute Gasteiger partial charge is 0.331 e. The molecule has 1 atom stereocenters. The van der Waals surface area contributed by atoms with Gasteiger partial charge in [-0.05, 0) is 42.5 Å². The monoisotopic (exact) mass is 309 g/mol. The molecule has 0 aliphatic carbocycles. The number of nitrogens with zero attached hydrogens (tertiary/aromatic N) is 1. The number of halogens is 2. The minimum absolute atomic E-state index is 0.0790. The fourth-order valence-electron chi connectivity index (χ4n) is 2.49. The van der Waals surface area contributed by atoms with Crippen molar-refractivity contribution in [3.8, 4) is 11.8 Å². The molecule has 20 heavy (non-hydrogen) atoms. The molecule has 0 radical (unpaired) electrons. The molecular formula is C16H17Cl2NO. The summed E-state index contributed by atoms with van der Waals surface area (Å²) in [4.78, 5) is 13.8. The lowest BCUT2D eigenvalue weighted by Crippen LogP contribution is -2.38. The van der Waals surface area contributed by atoms with Crippen molar-refractivity contribution in [3.05, 3.63) is 33.8 Å². The average molecular weight is 310 g/mol. The number of benzene rings is 1. The molecule has 2 nitrogen and oxygen atoms in total. The zero-order valence-electron chi connectivity index (χ0n) is 11.5. The van der Waals surface area contributed by atoms with Gasteiger partial charge in [-0.15, -0.1) is 0 Å². The molecule has 2 rings (SSSR count). The summed E-state index contributed by atoms with van der Waals surface area (Å²) in [5.41, 5.74) is 1.10. The van der Waals surface area contributed by atoms with Crippen LogP contribution in [0, 0.1) is 11.8 Å². The molecule has 1 amide bonds. The van der Waals surface area contributed by atoms with Gasteiger partial charge in [-0.25, -0.2) is 0 Å². The van der Waals surface area contributed by atoms with Gasteiger partial charge in [0.25, 0.3) is 5.91 Å². The minimum atomic E-state index is -0.0790. The Kier molecular flexibility index (Phi) is 5.34. The van der Waals surface area contributed by atoms with Crippen molar-refractivity contribution < 1.29 is 4.79 Å². The molecule has 1 aromatic carbocycles. The predicted molar refractivity (Wildman–Crippen MR) is 83.1 cm³/mol. The van der Waals surface area contributed by atoms with Crippen LogP contribution in [0.25, 0.3) is 0 Å². The number of likely N-dealkylation sites (tertiary alicyclic amines) is 1. The normalized spacial score (nSPS) is 18.4. The van der Waals surface area contributed by atoms with Crippen LogP contribution in [0.5, 0.6) is 0 Å². The zero-order chi connectivity index (χ0) is 14.5. The Labute approximate surface area is 130 Å². The molecule has 1 aliphatic rings. The van der Waals surface area contributed by atoms with E-state index in [1.807, 2.05) is 24.0 Å². The maximum Gasteiger partial charge on any atom is 0.298 e. The van der Waals surface area contributed by atoms with Gasteiger partial charge in [0, 0.05) is 35.5 Å². The Morgan fingerprint density at radius 2 is 2.05 bits per heavy atom. The third kappa shape index (κ3) is 3.91. The molecule has 4 heteroatoms. The molecule has 0 aromatic heterocycles. The van der Waals surface area contributed by atoms with Crippen molar-refractivity contribution in [2.75, 3.05) is 13.1 Å². The van der Waals surface area contributed by atoms with Crippen LogP contribution in [0.1, 0.15) is 37.7 Å². The van der Waals surface area contributed by atoms with Gasteiger partial charge in [-0.2, -0.15) is 0 Å². The van der Waals surface area contributed by atoms with Gasteiger partial charge < -0.3 is 4.90 Å². The van der Waals surface area contributed by atoms with Crippen LogP contribution in [0.15, 0.2) is 18.2 Å². The summed E-state index contributed by atoms with van der Waals surface area (Å²) < 4.78 is 0. The van der Waals surface area contributed by atoms with E-state index in [4.69, 9.17) is 23.2 Å². The number of carbonyl (C=O) groups is 1. The Balaban J connectivity index is 2.12. The molecule has 0 N–H and O–H groups in total. The van der Waals surface area contributed by atoms with Crippen molar-refractivity contribution in [1.82, 2.24) is 4.90 Å². The number of piperidine rings is 1. The summed E-state index contributed by atoms with van der Waals surface area (Å²) in [6.07, 6.45) is 2.73. The van der Waals surface area contributed by atoms with Crippen LogP contribution in [0.2, 0.25) is 10.0 Å². The summed E-state index contributed by atoms with van der Waals surface area (Å²) in [7, 11) is 0. The highest BCUT2D eigenvalue weighted by Gasteiger charge is 2.24. The second-order valence-electron chi connectivity index (χ2n) is 4.95. The lowest BCUT2D eigenvalue weighted by molar-refractivity contribution is -0.126. The maximum absolute atomic E-state index is 12.0. The van der Waals surface area contributed by atoms with Gasteiger partial charge in [-0.1, -0.05) is 36.0 Å². The maximum atomic E-state index is 12.0. The third-order valence-electron chi connectivity index (χ3n) is 3.44. The lowest BCUT2D eigenvalue weighted by atomic mass is 9.90. The molecule has 1 aromatic rings. The van der Waals surface area contributed by atoms with Crippen molar-refractivity contribution in [1.29, 1.82) is 0 Å². The molecule has 1 aliphatic heterocycles. The highest BCUT2D eigenvalue weighted by molar-refractivity contribution is 6.34. The van der Waals surface area contributed by atoms with E-state index in [0.29, 0.717) is 23.0 Å². The molecule has 1 saturated heterocycles. The minimum Gasteiger partial charge on any atom is -0.331 e. The second-order valence-corrected chi connectivity index (χ2v) is 5.82. The van der Waals surface area contributed by atoms with Gasteiger partial charge >= 0.3 is 0 Å². The molecule has 106 valence electrons. The van der Waals surface area contributed by atoms with E-state index in [1.165, 1.54) is 0 Å².